The fraction of sp³-hybridized carbons (Fsp3) is 0.545. The smallest absolute Gasteiger partial charge is 0.0499 e. The molecule has 3 fully saturated rings. The molecule has 0 aromatic rings. The number of aliphatic hydroxyl groups is 1. The zero-order valence-corrected chi connectivity index (χ0v) is 7.09. The van der Waals surface area contributed by atoms with Crippen molar-refractivity contribution < 1.29 is 5.11 Å². The zero-order chi connectivity index (χ0) is 8.13. The summed E-state index contributed by atoms with van der Waals surface area (Å²) in [6.45, 7) is 0.215. The average Bonchev–Trinajstić information content (AvgIpc) is 2.75. The van der Waals surface area contributed by atoms with Crippen LogP contribution in [-0.4, -0.2) is 11.7 Å². The fourth-order valence-electron chi connectivity index (χ4n) is 2.95. The van der Waals surface area contributed by atoms with Crippen molar-refractivity contribution in [2.75, 3.05) is 6.61 Å². The lowest BCUT2D eigenvalue weighted by Gasteiger charge is -2.22. The van der Waals surface area contributed by atoms with E-state index in [0.29, 0.717) is 0 Å². The van der Waals surface area contributed by atoms with Crippen molar-refractivity contribution in [1.82, 2.24) is 0 Å². The lowest BCUT2D eigenvalue weighted by atomic mass is 9.82. The van der Waals surface area contributed by atoms with Crippen LogP contribution in [0.25, 0.3) is 0 Å². The Morgan fingerprint density at radius 2 is 1.75 bits per heavy atom. The molecule has 3 aliphatic rings. The highest BCUT2D eigenvalue weighted by molar-refractivity contribution is 5.55. The second kappa shape index (κ2) is 2.47. The lowest BCUT2D eigenvalue weighted by molar-refractivity contribution is 0.317. The first-order valence-electron chi connectivity index (χ1n) is 4.78. The van der Waals surface area contributed by atoms with Crippen molar-refractivity contribution in [3.05, 3.63) is 30.6 Å². The minimum absolute atomic E-state index is 0.215. The summed E-state index contributed by atoms with van der Waals surface area (Å²) >= 11 is 0. The molecular formula is C11H13O. The molecule has 1 N–H and O–H groups in total. The van der Waals surface area contributed by atoms with E-state index < -0.39 is 0 Å². The van der Waals surface area contributed by atoms with Gasteiger partial charge in [-0.25, -0.2) is 0 Å². The van der Waals surface area contributed by atoms with Crippen LogP contribution < -0.4 is 0 Å². The molecule has 1 nitrogen and oxygen atoms in total. The molecule has 0 aromatic heterocycles. The summed E-state index contributed by atoms with van der Waals surface area (Å²) in [5, 5.41) is 8.99. The van der Waals surface area contributed by atoms with Gasteiger partial charge < -0.3 is 5.11 Å². The molecule has 3 saturated carbocycles. The van der Waals surface area contributed by atoms with E-state index in [1.807, 2.05) is 0 Å². The molecule has 0 saturated heterocycles. The van der Waals surface area contributed by atoms with Gasteiger partial charge in [-0.1, -0.05) is 0 Å². The maximum absolute atomic E-state index is 8.99. The summed E-state index contributed by atoms with van der Waals surface area (Å²) in [6.07, 6.45) is 8.56. The molecule has 0 aromatic carbocycles. The summed E-state index contributed by atoms with van der Waals surface area (Å²) in [4.78, 5) is 0. The van der Waals surface area contributed by atoms with E-state index >= 15 is 0 Å². The summed E-state index contributed by atoms with van der Waals surface area (Å²) in [5.41, 5.74) is 0. The molecule has 3 aliphatic carbocycles. The Morgan fingerprint density at radius 1 is 1.17 bits per heavy atom. The van der Waals surface area contributed by atoms with Gasteiger partial charge in [0.2, 0.25) is 0 Å². The molecule has 2 unspecified atom stereocenters. The minimum atomic E-state index is 0.215. The first kappa shape index (κ1) is 7.37. The maximum Gasteiger partial charge on any atom is 0.0499 e. The Hall–Kier alpha value is -0.0400. The predicted octanol–water partition coefficient (Wildman–Crippen LogP) is 1.55. The van der Waals surface area contributed by atoms with Gasteiger partial charge in [0.15, 0.2) is 0 Å². The molecule has 3 rings (SSSR count). The first-order chi connectivity index (χ1) is 5.88. The number of rotatable bonds is 1. The average molecular weight is 161 g/mol. The Balaban J connectivity index is 1.78. The summed E-state index contributed by atoms with van der Waals surface area (Å²) in [5.74, 6) is 5.90. The molecule has 0 aliphatic heterocycles. The Kier molecular flexibility index (Phi) is 1.52. The van der Waals surface area contributed by atoms with Crippen LogP contribution in [0.1, 0.15) is 19.3 Å². The number of hydrogen-bond donors (Lipinski definition) is 1. The Bertz CT molecular complexity index is 171. The third-order valence-electron chi connectivity index (χ3n) is 3.51. The molecule has 63 valence electrons. The van der Waals surface area contributed by atoms with Crippen molar-refractivity contribution in [2.45, 2.75) is 19.3 Å². The van der Waals surface area contributed by atoms with E-state index in [1.165, 1.54) is 19.3 Å². The van der Waals surface area contributed by atoms with Crippen LogP contribution in [0.15, 0.2) is 0 Å². The quantitative estimate of drug-likeness (QED) is 0.618. The molecular weight excluding hydrogens is 148 g/mol. The van der Waals surface area contributed by atoms with Crippen LogP contribution in [0.5, 0.6) is 0 Å². The van der Waals surface area contributed by atoms with Crippen molar-refractivity contribution in [2.24, 2.45) is 11.8 Å². The summed E-state index contributed by atoms with van der Waals surface area (Å²) in [6, 6.07) is 0. The van der Waals surface area contributed by atoms with Crippen LogP contribution in [0.4, 0.5) is 0 Å². The van der Waals surface area contributed by atoms with E-state index in [4.69, 9.17) is 5.11 Å². The number of aliphatic hydroxyl groups excluding tert-OH is 1. The second-order valence-corrected chi connectivity index (χ2v) is 4.14. The van der Waals surface area contributed by atoms with Crippen LogP contribution in [-0.2, 0) is 0 Å². The minimum Gasteiger partial charge on any atom is -0.396 e. The van der Waals surface area contributed by atoms with Gasteiger partial charge in [0.1, 0.15) is 0 Å². The second-order valence-electron chi connectivity index (χ2n) is 4.14. The van der Waals surface area contributed by atoms with Crippen molar-refractivity contribution >= 4 is 0 Å². The molecule has 0 heterocycles. The largest absolute Gasteiger partial charge is 0.396 e. The van der Waals surface area contributed by atoms with Gasteiger partial charge in [-0.3, -0.25) is 0 Å². The van der Waals surface area contributed by atoms with Gasteiger partial charge in [0, 0.05) is 12.5 Å². The third-order valence-corrected chi connectivity index (χ3v) is 3.51. The van der Waals surface area contributed by atoms with E-state index in [2.05, 4.69) is 12.8 Å². The van der Waals surface area contributed by atoms with Gasteiger partial charge >= 0.3 is 0 Å². The maximum atomic E-state index is 8.99. The molecule has 12 heavy (non-hydrogen) atoms. The highest BCUT2D eigenvalue weighted by Gasteiger charge is 2.52. The molecule has 1 heteroatoms. The van der Waals surface area contributed by atoms with Gasteiger partial charge in [0.25, 0.3) is 0 Å². The van der Waals surface area contributed by atoms with Gasteiger partial charge in [0.05, 0.1) is 0 Å². The topological polar surface area (TPSA) is 20.2 Å². The number of fused-ring (bicyclic) bond motifs is 5. The standard InChI is InChI=1S/C11H13O/c12-6-7-3-10-8-1-2-9(5-8)11(10)4-7/h3-4,8-9,12H,1-2,5-6H2. The van der Waals surface area contributed by atoms with Crippen molar-refractivity contribution in [3.8, 4) is 0 Å². The number of hydrogen-bond acceptors (Lipinski definition) is 1. The predicted molar refractivity (Wildman–Crippen MR) is 46.2 cm³/mol. The van der Waals surface area contributed by atoms with Crippen LogP contribution in [0, 0.1) is 42.4 Å². The van der Waals surface area contributed by atoms with Crippen molar-refractivity contribution in [3.63, 3.8) is 0 Å². The highest BCUT2D eigenvalue weighted by atomic mass is 16.3. The molecule has 0 spiro atoms. The summed E-state index contributed by atoms with van der Waals surface area (Å²) < 4.78 is 0. The third kappa shape index (κ3) is 0.834. The van der Waals surface area contributed by atoms with E-state index in [-0.39, 0.29) is 6.61 Å². The first-order valence-corrected chi connectivity index (χ1v) is 4.78. The van der Waals surface area contributed by atoms with E-state index in [9.17, 15) is 0 Å². The van der Waals surface area contributed by atoms with Gasteiger partial charge in [-0.2, -0.15) is 0 Å². The van der Waals surface area contributed by atoms with Crippen LogP contribution in [0.2, 0.25) is 0 Å². The summed E-state index contributed by atoms with van der Waals surface area (Å²) in [7, 11) is 0. The zero-order valence-electron chi connectivity index (χ0n) is 7.09. The molecule has 5 radical (unpaired) electrons. The van der Waals surface area contributed by atoms with Gasteiger partial charge in [-0.15, -0.1) is 0 Å². The Morgan fingerprint density at radius 3 is 2.25 bits per heavy atom. The normalized spacial score (nSPS) is 42.8. The lowest BCUT2D eigenvalue weighted by Crippen LogP contribution is -2.12. The molecule has 2 atom stereocenters. The van der Waals surface area contributed by atoms with Crippen molar-refractivity contribution in [1.29, 1.82) is 0 Å². The van der Waals surface area contributed by atoms with E-state index in [1.54, 1.807) is 11.8 Å². The fourth-order valence-corrected chi connectivity index (χ4v) is 2.95. The SMILES string of the molecule is OC[C]1[CH][C]2[C]([CH]1)C1CCC2C1. The van der Waals surface area contributed by atoms with Gasteiger partial charge in [-0.05, 0) is 55.8 Å². The van der Waals surface area contributed by atoms with E-state index in [0.717, 1.165) is 17.8 Å². The Labute approximate surface area is 74.2 Å². The van der Waals surface area contributed by atoms with Crippen LogP contribution in [0.3, 0.4) is 0 Å². The molecule has 2 bridgehead atoms. The molecule has 0 amide bonds. The highest BCUT2D eigenvalue weighted by Crippen LogP contribution is 2.62. The van der Waals surface area contributed by atoms with Crippen LogP contribution >= 0.6 is 0 Å². The monoisotopic (exact) mass is 161 g/mol.